The van der Waals surface area contributed by atoms with E-state index in [2.05, 4.69) is 27.7 Å². The Morgan fingerprint density at radius 1 is 0.688 bits per heavy atom. The van der Waals surface area contributed by atoms with Crippen LogP contribution in [0.1, 0.15) is 66.2 Å². The van der Waals surface area contributed by atoms with Crippen molar-refractivity contribution in [2.75, 3.05) is 6.61 Å². The summed E-state index contributed by atoms with van der Waals surface area (Å²) in [6, 6.07) is 0. The van der Waals surface area contributed by atoms with E-state index in [1.807, 2.05) is 0 Å². The third-order valence-electron chi connectivity index (χ3n) is 3.41. The summed E-state index contributed by atoms with van der Waals surface area (Å²) in [5.74, 6) is 0. The molecule has 0 bridgehead atoms. The normalized spacial score (nSPS) is 12.0. The maximum absolute atomic E-state index is 6.32. The molecule has 0 aliphatic carbocycles. The minimum atomic E-state index is -1.91. The van der Waals surface area contributed by atoms with Crippen molar-refractivity contribution in [3.05, 3.63) is 0 Å². The van der Waals surface area contributed by atoms with E-state index in [0.29, 0.717) is 0 Å². The van der Waals surface area contributed by atoms with Gasteiger partial charge in [-0.2, -0.15) is 0 Å². The van der Waals surface area contributed by atoms with Crippen LogP contribution in [-0.2, 0) is 3.76 Å². The SMILES string of the molecule is CCC[CH2][Ge]([CH2]CCC)([CH2]CCC)[O]CC. The maximum atomic E-state index is 6.32. The molecule has 0 aromatic heterocycles. The summed E-state index contributed by atoms with van der Waals surface area (Å²) in [7, 11) is 0. The first-order valence-corrected chi connectivity index (χ1v) is 12.7. The Morgan fingerprint density at radius 2 is 1.06 bits per heavy atom. The van der Waals surface area contributed by atoms with Crippen LogP contribution >= 0.6 is 0 Å². The Labute approximate surface area is 106 Å². The predicted molar refractivity (Wildman–Crippen MR) is 76.5 cm³/mol. The van der Waals surface area contributed by atoms with Gasteiger partial charge in [-0.15, -0.1) is 0 Å². The van der Waals surface area contributed by atoms with Crippen LogP contribution in [0.3, 0.4) is 0 Å². The first-order chi connectivity index (χ1) is 7.74. The van der Waals surface area contributed by atoms with Crippen molar-refractivity contribution in [3.63, 3.8) is 0 Å². The van der Waals surface area contributed by atoms with Crippen LogP contribution in [0.25, 0.3) is 0 Å². The first kappa shape index (κ1) is 16.5. The van der Waals surface area contributed by atoms with Gasteiger partial charge in [0.15, 0.2) is 0 Å². The van der Waals surface area contributed by atoms with Crippen LogP contribution in [0.5, 0.6) is 0 Å². The summed E-state index contributed by atoms with van der Waals surface area (Å²) in [6.07, 6.45) is 8.18. The molecule has 0 atom stereocenters. The Kier molecular flexibility index (Phi) is 11.0. The van der Waals surface area contributed by atoms with Gasteiger partial charge >= 0.3 is 106 Å². The van der Waals surface area contributed by atoms with Crippen LogP contribution in [0, 0.1) is 0 Å². The third kappa shape index (κ3) is 6.95. The van der Waals surface area contributed by atoms with Gasteiger partial charge in [0, 0.05) is 0 Å². The quantitative estimate of drug-likeness (QED) is 0.465. The second kappa shape index (κ2) is 10.6. The summed E-state index contributed by atoms with van der Waals surface area (Å²) in [5.41, 5.74) is 0. The van der Waals surface area contributed by atoms with Gasteiger partial charge in [-0.3, -0.25) is 0 Å². The number of rotatable bonds is 11. The van der Waals surface area contributed by atoms with Crippen LogP contribution in [0.4, 0.5) is 0 Å². The fourth-order valence-corrected chi connectivity index (χ4v) is 12.4. The zero-order valence-electron chi connectivity index (χ0n) is 12.0. The van der Waals surface area contributed by atoms with Gasteiger partial charge < -0.3 is 0 Å². The van der Waals surface area contributed by atoms with E-state index in [1.54, 1.807) is 0 Å². The van der Waals surface area contributed by atoms with Gasteiger partial charge in [-0.1, -0.05) is 0 Å². The van der Waals surface area contributed by atoms with E-state index in [-0.39, 0.29) is 0 Å². The molecule has 0 aliphatic rings. The second-order valence-corrected chi connectivity index (χ2v) is 13.6. The van der Waals surface area contributed by atoms with E-state index in [9.17, 15) is 0 Å². The van der Waals surface area contributed by atoms with E-state index in [4.69, 9.17) is 3.76 Å². The van der Waals surface area contributed by atoms with Crippen LogP contribution < -0.4 is 0 Å². The molecule has 0 fully saturated rings. The molecule has 2 heteroatoms. The monoisotopic (exact) mass is 290 g/mol. The van der Waals surface area contributed by atoms with Crippen molar-refractivity contribution in [3.8, 4) is 0 Å². The van der Waals surface area contributed by atoms with Crippen molar-refractivity contribution in [2.24, 2.45) is 0 Å². The van der Waals surface area contributed by atoms with Gasteiger partial charge in [0.1, 0.15) is 0 Å². The molecule has 0 saturated carbocycles. The van der Waals surface area contributed by atoms with Gasteiger partial charge in [0.25, 0.3) is 0 Å². The predicted octanol–water partition coefficient (Wildman–Crippen LogP) is 5.37. The first-order valence-electron chi connectivity index (χ1n) is 7.38. The molecule has 0 amide bonds. The number of hydrogen-bond acceptors (Lipinski definition) is 1. The van der Waals surface area contributed by atoms with E-state index in [0.717, 1.165) is 6.61 Å². The molecule has 0 aromatic rings. The number of unbranched alkanes of at least 4 members (excludes halogenated alkanes) is 3. The fourth-order valence-electron chi connectivity index (χ4n) is 2.39. The molecule has 16 heavy (non-hydrogen) atoms. The van der Waals surface area contributed by atoms with Crippen molar-refractivity contribution in [1.82, 2.24) is 0 Å². The van der Waals surface area contributed by atoms with Crippen LogP contribution in [-0.4, -0.2) is 20.2 Å². The third-order valence-corrected chi connectivity index (χ3v) is 13.3. The molecular formula is C14H32GeO. The van der Waals surface area contributed by atoms with Gasteiger partial charge in [0.05, 0.1) is 0 Å². The van der Waals surface area contributed by atoms with Crippen molar-refractivity contribution in [2.45, 2.75) is 82.0 Å². The molecule has 0 saturated heterocycles. The van der Waals surface area contributed by atoms with Crippen LogP contribution in [0.15, 0.2) is 0 Å². The summed E-state index contributed by atoms with van der Waals surface area (Å²) in [4.78, 5) is 0. The Hall–Kier alpha value is 0.503. The van der Waals surface area contributed by atoms with E-state index < -0.39 is 13.6 Å². The Balaban J connectivity index is 4.32. The van der Waals surface area contributed by atoms with Crippen LogP contribution in [0.2, 0.25) is 15.8 Å². The zero-order valence-corrected chi connectivity index (χ0v) is 14.1. The molecule has 0 N–H and O–H groups in total. The second-order valence-electron chi connectivity index (χ2n) is 4.93. The van der Waals surface area contributed by atoms with Gasteiger partial charge in [-0.25, -0.2) is 0 Å². The standard InChI is InChI=1S/C14H32GeO/c1-5-9-12-15(16-8-4,13-10-6-2)14-11-7-3/h5-14H2,1-4H3. The summed E-state index contributed by atoms with van der Waals surface area (Å²) in [5, 5.41) is 4.35. The molecule has 98 valence electrons. The average molecular weight is 289 g/mol. The van der Waals surface area contributed by atoms with E-state index in [1.165, 1.54) is 54.3 Å². The topological polar surface area (TPSA) is 9.23 Å². The Bertz CT molecular complexity index is 126. The molecule has 0 aliphatic heterocycles. The molecule has 0 rings (SSSR count). The van der Waals surface area contributed by atoms with Crippen molar-refractivity contribution < 1.29 is 3.76 Å². The molecule has 0 unspecified atom stereocenters. The minimum absolute atomic E-state index is 0.955. The summed E-state index contributed by atoms with van der Waals surface area (Å²) < 4.78 is 6.32. The van der Waals surface area contributed by atoms with Crippen molar-refractivity contribution in [1.29, 1.82) is 0 Å². The van der Waals surface area contributed by atoms with Crippen molar-refractivity contribution >= 4 is 13.6 Å². The van der Waals surface area contributed by atoms with E-state index >= 15 is 0 Å². The molecule has 1 nitrogen and oxygen atoms in total. The molecular weight excluding hydrogens is 257 g/mol. The van der Waals surface area contributed by atoms with Gasteiger partial charge in [0.2, 0.25) is 0 Å². The molecule has 0 spiro atoms. The zero-order chi connectivity index (χ0) is 12.3. The summed E-state index contributed by atoms with van der Waals surface area (Å²) in [6.45, 7) is 10.1. The fraction of sp³-hybridized carbons (Fsp3) is 1.00. The Morgan fingerprint density at radius 3 is 1.31 bits per heavy atom. The molecule has 0 heterocycles. The average Bonchev–Trinajstić information content (AvgIpc) is 2.31. The number of hydrogen-bond donors (Lipinski definition) is 0. The molecule has 0 aromatic carbocycles. The molecule has 0 radical (unpaired) electrons. The van der Waals surface area contributed by atoms with Gasteiger partial charge in [-0.05, 0) is 0 Å². The summed E-state index contributed by atoms with van der Waals surface area (Å²) >= 11 is -1.91.